The highest BCUT2D eigenvalue weighted by molar-refractivity contribution is 7.86. The minimum Gasteiger partial charge on any atom is -0.387 e. The Balaban J connectivity index is 1.98. The summed E-state index contributed by atoms with van der Waals surface area (Å²) >= 11 is 0. The van der Waals surface area contributed by atoms with Gasteiger partial charge in [0.05, 0.1) is 6.04 Å². The van der Waals surface area contributed by atoms with Gasteiger partial charge in [-0.05, 0) is 37.0 Å². The van der Waals surface area contributed by atoms with E-state index in [2.05, 4.69) is 4.90 Å². The number of allylic oxidation sites excluding steroid dienone is 1. The molecule has 1 atom stereocenters. The quantitative estimate of drug-likeness (QED) is 0.787. The third-order valence-corrected chi connectivity index (χ3v) is 5.26. The van der Waals surface area contributed by atoms with E-state index in [0.717, 1.165) is 36.9 Å². The molecule has 3 rings (SSSR count). The van der Waals surface area contributed by atoms with Crippen LogP contribution in [-0.4, -0.2) is 27.3 Å². The molecule has 0 radical (unpaired) electrons. The van der Waals surface area contributed by atoms with E-state index >= 15 is 0 Å². The average Bonchev–Trinajstić information content (AvgIpc) is 2.45. The second-order valence-corrected chi connectivity index (χ2v) is 7.04. The lowest BCUT2D eigenvalue weighted by atomic mass is 9.92. The summed E-state index contributed by atoms with van der Waals surface area (Å²) in [6, 6.07) is 9.80. The molecular formula is C15H19NO3S. The Morgan fingerprint density at radius 3 is 2.60 bits per heavy atom. The number of para-hydroxylation sites is 1. The highest BCUT2D eigenvalue weighted by atomic mass is 32.2. The summed E-state index contributed by atoms with van der Waals surface area (Å²) in [4.78, 5) is 2.06. The first kappa shape index (κ1) is 13.5. The van der Waals surface area contributed by atoms with Crippen molar-refractivity contribution in [2.45, 2.75) is 31.7 Å². The number of hydrogen-bond acceptors (Lipinski definition) is 4. The van der Waals surface area contributed by atoms with E-state index in [9.17, 15) is 8.42 Å². The van der Waals surface area contributed by atoms with Crippen LogP contribution in [-0.2, 0) is 14.3 Å². The van der Waals surface area contributed by atoms with Crippen molar-refractivity contribution in [3.05, 3.63) is 41.7 Å². The van der Waals surface area contributed by atoms with Crippen molar-refractivity contribution in [1.82, 2.24) is 0 Å². The fraction of sp³-hybridized carbons (Fsp3) is 0.467. The minimum absolute atomic E-state index is 0.0389. The van der Waals surface area contributed by atoms with Gasteiger partial charge in [0.2, 0.25) is 0 Å². The summed E-state index contributed by atoms with van der Waals surface area (Å²) in [5, 5.41) is 0. The van der Waals surface area contributed by atoms with Gasteiger partial charge in [0.25, 0.3) is 0 Å². The molecule has 0 unspecified atom stereocenters. The fourth-order valence-electron chi connectivity index (χ4n) is 3.02. The predicted octanol–water partition coefficient (Wildman–Crippen LogP) is 2.68. The number of likely N-dealkylation sites (N-methyl/N-ethyl adjacent to an activating group) is 1. The van der Waals surface area contributed by atoms with Crippen LogP contribution in [0.3, 0.4) is 0 Å². The van der Waals surface area contributed by atoms with Gasteiger partial charge in [-0.15, -0.1) is 0 Å². The van der Waals surface area contributed by atoms with Crippen LogP contribution in [0, 0.1) is 0 Å². The molecule has 4 nitrogen and oxygen atoms in total. The van der Waals surface area contributed by atoms with Crippen LogP contribution < -0.4 is 4.90 Å². The Morgan fingerprint density at radius 2 is 1.85 bits per heavy atom. The van der Waals surface area contributed by atoms with E-state index in [1.807, 2.05) is 37.4 Å². The van der Waals surface area contributed by atoms with E-state index in [0.29, 0.717) is 5.76 Å². The van der Waals surface area contributed by atoms with Gasteiger partial charge in [0, 0.05) is 19.2 Å². The van der Waals surface area contributed by atoms with E-state index in [4.69, 9.17) is 4.18 Å². The van der Waals surface area contributed by atoms with E-state index in [1.165, 1.54) is 0 Å². The summed E-state index contributed by atoms with van der Waals surface area (Å²) in [7, 11) is -1.50. The van der Waals surface area contributed by atoms with Gasteiger partial charge in [0.15, 0.2) is 0 Å². The van der Waals surface area contributed by atoms with Crippen molar-refractivity contribution in [3.63, 3.8) is 0 Å². The monoisotopic (exact) mass is 293 g/mol. The Morgan fingerprint density at radius 1 is 1.15 bits per heavy atom. The molecule has 0 fully saturated rings. The number of hydrogen-bond donors (Lipinski definition) is 0. The van der Waals surface area contributed by atoms with Crippen LogP contribution in [0.25, 0.3) is 0 Å². The Bertz CT molecular complexity index is 622. The van der Waals surface area contributed by atoms with Gasteiger partial charge >= 0.3 is 10.1 Å². The molecule has 0 N–H and O–H groups in total. The standard InChI is InChI=1S/C15H19NO3S/c1-16(12-7-3-2-4-8-12)14-11-20(17,18)19-15-10-6-5-9-13(14)15/h2-4,7-8,14H,5-6,9-11H2,1H3/t14-/m1/s1. The molecule has 1 aliphatic carbocycles. The van der Waals surface area contributed by atoms with Crippen molar-refractivity contribution in [1.29, 1.82) is 0 Å². The zero-order chi connectivity index (χ0) is 14.2. The first-order chi connectivity index (χ1) is 9.57. The highest BCUT2D eigenvalue weighted by Gasteiger charge is 2.36. The first-order valence-electron chi connectivity index (χ1n) is 6.99. The average molecular weight is 293 g/mol. The normalized spacial score (nSPS) is 24.8. The molecule has 0 aromatic heterocycles. The molecular weight excluding hydrogens is 274 g/mol. The van der Waals surface area contributed by atoms with Crippen LogP contribution in [0.1, 0.15) is 25.7 Å². The van der Waals surface area contributed by atoms with Crippen LogP contribution in [0.4, 0.5) is 5.69 Å². The molecule has 1 aromatic carbocycles. The van der Waals surface area contributed by atoms with Gasteiger partial charge < -0.3 is 9.08 Å². The summed E-state index contributed by atoms with van der Waals surface area (Å²) in [6.07, 6.45) is 3.80. The van der Waals surface area contributed by atoms with Gasteiger partial charge in [-0.3, -0.25) is 0 Å². The lowest BCUT2D eigenvalue weighted by molar-refractivity contribution is 0.345. The van der Waals surface area contributed by atoms with Crippen molar-refractivity contribution in [2.24, 2.45) is 0 Å². The van der Waals surface area contributed by atoms with E-state index < -0.39 is 10.1 Å². The van der Waals surface area contributed by atoms with Crippen LogP contribution >= 0.6 is 0 Å². The molecule has 0 saturated heterocycles. The Kier molecular flexibility index (Phi) is 3.46. The lowest BCUT2D eigenvalue weighted by Crippen LogP contribution is -2.43. The molecule has 2 aliphatic rings. The molecule has 108 valence electrons. The number of rotatable bonds is 2. The molecule has 0 spiro atoms. The molecule has 0 bridgehead atoms. The van der Waals surface area contributed by atoms with Crippen LogP contribution in [0.5, 0.6) is 0 Å². The van der Waals surface area contributed by atoms with Gasteiger partial charge in [0.1, 0.15) is 11.5 Å². The smallest absolute Gasteiger partial charge is 0.311 e. The molecule has 1 heterocycles. The Labute approximate surface area is 120 Å². The number of nitrogens with zero attached hydrogens (tertiary/aromatic N) is 1. The van der Waals surface area contributed by atoms with E-state index in [-0.39, 0.29) is 11.8 Å². The van der Waals surface area contributed by atoms with E-state index in [1.54, 1.807) is 0 Å². The van der Waals surface area contributed by atoms with Crippen molar-refractivity contribution in [2.75, 3.05) is 17.7 Å². The van der Waals surface area contributed by atoms with Crippen molar-refractivity contribution in [3.8, 4) is 0 Å². The maximum Gasteiger partial charge on any atom is 0.311 e. The predicted molar refractivity (Wildman–Crippen MR) is 79.0 cm³/mol. The first-order valence-corrected chi connectivity index (χ1v) is 8.56. The topological polar surface area (TPSA) is 46.6 Å². The lowest BCUT2D eigenvalue weighted by Gasteiger charge is -2.37. The molecule has 5 heteroatoms. The molecule has 1 aliphatic heterocycles. The van der Waals surface area contributed by atoms with Crippen molar-refractivity contribution < 1.29 is 12.6 Å². The van der Waals surface area contributed by atoms with Crippen LogP contribution in [0.2, 0.25) is 0 Å². The second-order valence-electron chi connectivity index (χ2n) is 5.43. The zero-order valence-corrected chi connectivity index (χ0v) is 12.4. The van der Waals surface area contributed by atoms with Gasteiger partial charge in [-0.25, -0.2) is 0 Å². The number of benzene rings is 1. The SMILES string of the molecule is CN(c1ccccc1)[C@@H]1CS(=O)(=O)OC2=C1CCCC2. The summed E-state index contributed by atoms with van der Waals surface area (Å²) in [5.41, 5.74) is 2.20. The number of anilines is 1. The summed E-state index contributed by atoms with van der Waals surface area (Å²) < 4.78 is 29.2. The summed E-state index contributed by atoms with van der Waals surface area (Å²) in [5.74, 6) is 0.729. The Hall–Kier alpha value is -1.49. The molecule has 0 saturated carbocycles. The minimum atomic E-state index is -3.45. The highest BCUT2D eigenvalue weighted by Crippen LogP contribution is 2.36. The van der Waals surface area contributed by atoms with Gasteiger partial charge in [-0.1, -0.05) is 18.2 Å². The van der Waals surface area contributed by atoms with Crippen molar-refractivity contribution >= 4 is 15.8 Å². The molecule has 0 amide bonds. The molecule has 1 aromatic rings. The third kappa shape index (κ3) is 2.54. The van der Waals surface area contributed by atoms with Gasteiger partial charge in [-0.2, -0.15) is 8.42 Å². The fourth-order valence-corrected chi connectivity index (χ4v) is 4.39. The zero-order valence-electron chi connectivity index (χ0n) is 11.6. The molecule has 20 heavy (non-hydrogen) atoms. The maximum atomic E-state index is 12.0. The van der Waals surface area contributed by atoms with Crippen LogP contribution in [0.15, 0.2) is 41.7 Å². The second kappa shape index (κ2) is 5.13. The summed E-state index contributed by atoms with van der Waals surface area (Å²) in [6.45, 7) is 0. The maximum absolute atomic E-state index is 12.0. The third-order valence-electron chi connectivity index (χ3n) is 4.08. The largest absolute Gasteiger partial charge is 0.387 e.